The van der Waals surface area contributed by atoms with Crippen molar-refractivity contribution >= 4 is 27.7 Å². The lowest BCUT2D eigenvalue weighted by atomic mass is 9.93. The molecule has 1 aromatic carbocycles. The summed E-state index contributed by atoms with van der Waals surface area (Å²) < 4.78 is 24.1. The summed E-state index contributed by atoms with van der Waals surface area (Å²) >= 11 is 0. The van der Waals surface area contributed by atoms with Crippen LogP contribution in [0.4, 0.5) is 4.79 Å². The predicted octanol–water partition coefficient (Wildman–Crippen LogP) is 1.89. The molecule has 0 spiro atoms. The second-order valence-corrected chi connectivity index (χ2v) is 11.7. The van der Waals surface area contributed by atoms with E-state index in [-0.39, 0.29) is 36.0 Å². The molecule has 0 radical (unpaired) electrons. The zero-order valence-electron chi connectivity index (χ0n) is 18.5. The van der Waals surface area contributed by atoms with Crippen LogP contribution in [-0.4, -0.2) is 71.7 Å². The number of nitrogens with one attached hydrogen (secondary N) is 1. The molecule has 1 saturated carbocycles. The predicted molar refractivity (Wildman–Crippen MR) is 120 cm³/mol. The Morgan fingerprint density at radius 3 is 2.44 bits per heavy atom. The van der Waals surface area contributed by atoms with Gasteiger partial charge in [-0.15, -0.1) is 0 Å². The number of benzene rings is 1. The number of aryl methyl sites for hydroxylation is 1. The Kier molecular flexibility index (Phi) is 6.29. The first kappa shape index (κ1) is 22.8. The van der Waals surface area contributed by atoms with E-state index >= 15 is 0 Å². The Morgan fingerprint density at radius 2 is 1.81 bits per heavy atom. The smallest absolute Gasteiger partial charge is 0.325 e. The normalized spacial score (nSPS) is 27.7. The Labute approximate surface area is 189 Å². The first-order chi connectivity index (χ1) is 15.2. The summed E-state index contributed by atoms with van der Waals surface area (Å²) in [5.41, 5.74) is 0.00221. The van der Waals surface area contributed by atoms with Crippen molar-refractivity contribution in [2.24, 2.45) is 0 Å². The first-order valence-corrected chi connectivity index (χ1v) is 13.2. The Hall–Kier alpha value is -2.42. The van der Waals surface area contributed by atoms with E-state index in [0.717, 1.165) is 36.1 Å². The molecule has 4 rings (SSSR count). The minimum Gasteiger partial charge on any atom is -0.334 e. The summed E-state index contributed by atoms with van der Waals surface area (Å²) in [6, 6.07) is 8.77. The molecule has 1 aliphatic carbocycles. The van der Waals surface area contributed by atoms with Gasteiger partial charge in [0.2, 0.25) is 5.91 Å². The molecule has 1 aromatic rings. The molecule has 2 saturated heterocycles. The lowest BCUT2D eigenvalue weighted by Crippen LogP contribution is -2.52. The number of hydrogen-bond acceptors (Lipinski definition) is 5. The van der Waals surface area contributed by atoms with Crippen LogP contribution in [0.3, 0.4) is 0 Å². The van der Waals surface area contributed by atoms with Crippen LogP contribution in [0.15, 0.2) is 30.3 Å². The van der Waals surface area contributed by atoms with Crippen molar-refractivity contribution in [3.05, 3.63) is 35.9 Å². The van der Waals surface area contributed by atoms with E-state index in [9.17, 15) is 22.8 Å². The molecule has 2 atom stereocenters. The maximum Gasteiger partial charge on any atom is 0.325 e. The fourth-order valence-electron chi connectivity index (χ4n) is 5.20. The van der Waals surface area contributed by atoms with Gasteiger partial charge in [-0.25, -0.2) is 13.2 Å². The zero-order valence-corrected chi connectivity index (χ0v) is 19.3. The summed E-state index contributed by atoms with van der Waals surface area (Å²) in [7, 11) is -3.16. The van der Waals surface area contributed by atoms with Crippen LogP contribution in [0.25, 0.3) is 0 Å². The van der Waals surface area contributed by atoms with E-state index in [1.165, 1.54) is 0 Å². The molecule has 1 N–H and O–H groups in total. The van der Waals surface area contributed by atoms with Gasteiger partial charge in [0.05, 0.1) is 11.5 Å². The van der Waals surface area contributed by atoms with E-state index in [2.05, 4.69) is 5.32 Å². The number of imide groups is 1. The van der Waals surface area contributed by atoms with Crippen LogP contribution < -0.4 is 5.32 Å². The highest BCUT2D eigenvalue weighted by Gasteiger charge is 2.49. The lowest BCUT2D eigenvalue weighted by Gasteiger charge is -2.35. The first-order valence-electron chi connectivity index (χ1n) is 11.4. The van der Waals surface area contributed by atoms with Gasteiger partial charge in [-0.2, -0.15) is 0 Å². The van der Waals surface area contributed by atoms with Gasteiger partial charge < -0.3 is 10.2 Å². The molecule has 9 heteroatoms. The van der Waals surface area contributed by atoms with Crippen LogP contribution in [0, 0.1) is 0 Å². The number of sulfone groups is 1. The zero-order chi connectivity index (χ0) is 22.9. The molecule has 0 bridgehead atoms. The Balaban J connectivity index is 1.46. The van der Waals surface area contributed by atoms with Crippen molar-refractivity contribution in [2.75, 3.05) is 18.1 Å². The molecule has 32 heavy (non-hydrogen) atoms. The molecular formula is C23H31N3O5S. The molecule has 174 valence electrons. The number of rotatable bonds is 7. The Bertz CT molecular complexity index is 990. The van der Waals surface area contributed by atoms with Gasteiger partial charge in [0.1, 0.15) is 12.1 Å². The second-order valence-electron chi connectivity index (χ2n) is 9.44. The minimum atomic E-state index is -3.16. The van der Waals surface area contributed by atoms with E-state index in [1.54, 1.807) is 11.8 Å². The van der Waals surface area contributed by atoms with Crippen LogP contribution in [0.5, 0.6) is 0 Å². The molecule has 4 amide bonds. The van der Waals surface area contributed by atoms with E-state index in [4.69, 9.17) is 0 Å². The third-order valence-electron chi connectivity index (χ3n) is 7.00. The largest absolute Gasteiger partial charge is 0.334 e. The van der Waals surface area contributed by atoms with Crippen molar-refractivity contribution in [3.8, 4) is 0 Å². The van der Waals surface area contributed by atoms with E-state index in [0.29, 0.717) is 19.3 Å². The number of hydrogen-bond donors (Lipinski definition) is 1. The van der Waals surface area contributed by atoms with Gasteiger partial charge >= 0.3 is 6.03 Å². The van der Waals surface area contributed by atoms with Crippen molar-refractivity contribution in [1.29, 1.82) is 0 Å². The average molecular weight is 462 g/mol. The van der Waals surface area contributed by atoms with Crippen LogP contribution in [-0.2, 0) is 25.8 Å². The second kappa shape index (κ2) is 8.84. The van der Waals surface area contributed by atoms with Crippen LogP contribution >= 0.6 is 0 Å². The summed E-state index contributed by atoms with van der Waals surface area (Å²) in [6.07, 6.45) is 5.12. The summed E-state index contributed by atoms with van der Waals surface area (Å²) in [6.45, 7) is 1.34. The van der Waals surface area contributed by atoms with Gasteiger partial charge in [0.15, 0.2) is 9.84 Å². The van der Waals surface area contributed by atoms with Gasteiger partial charge in [-0.3, -0.25) is 14.5 Å². The van der Waals surface area contributed by atoms with Crippen molar-refractivity contribution in [2.45, 2.75) is 69.5 Å². The van der Waals surface area contributed by atoms with E-state index < -0.39 is 27.3 Å². The van der Waals surface area contributed by atoms with Gasteiger partial charge in [0, 0.05) is 12.1 Å². The highest BCUT2D eigenvalue weighted by Crippen LogP contribution is 2.30. The monoisotopic (exact) mass is 461 g/mol. The molecule has 3 aliphatic rings. The molecule has 2 unspecified atom stereocenters. The average Bonchev–Trinajstić information content (AvgIpc) is 3.45. The number of amides is 4. The highest BCUT2D eigenvalue weighted by atomic mass is 32.2. The molecule has 0 aromatic heterocycles. The molecule has 3 fully saturated rings. The van der Waals surface area contributed by atoms with Crippen molar-refractivity contribution in [3.63, 3.8) is 0 Å². The molecular weight excluding hydrogens is 430 g/mol. The summed E-state index contributed by atoms with van der Waals surface area (Å²) in [4.78, 5) is 41.8. The van der Waals surface area contributed by atoms with Crippen molar-refractivity contribution < 1.29 is 22.8 Å². The molecule has 2 heterocycles. The summed E-state index contributed by atoms with van der Waals surface area (Å²) in [5, 5.41) is 2.77. The standard InChI is InChI=1S/C23H31N3O5S/c1-23(13-11-17-7-3-2-4-8-17)21(28)25(22(29)24-23)15-20(27)26(18-9-5-6-10-18)19-12-14-32(30,31)16-19/h2-4,7-8,18-19H,5-6,9-16H2,1H3,(H,24,29). The van der Waals surface area contributed by atoms with Crippen molar-refractivity contribution in [1.82, 2.24) is 15.1 Å². The Morgan fingerprint density at radius 1 is 1.12 bits per heavy atom. The topological polar surface area (TPSA) is 104 Å². The number of carbonyl (C=O) groups excluding carboxylic acids is 3. The quantitative estimate of drug-likeness (QED) is 0.625. The number of nitrogens with zero attached hydrogens (tertiary/aromatic N) is 2. The fourth-order valence-corrected chi connectivity index (χ4v) is 6.91. The molecule has 2 aliphatic heterocycles. The lowest BCUT2D eigenvalue weighted by molar-refractivity contribution is -0.141. The third kappa shape index (κ3) is 4.67. The van der Waals surface area contributed by atoms with E-state index in [1.807, 2.05) is 30.3 Å². The maximum absolute atomic E-state index is 13.3. The highest BCUT2D eigenvalue weighted by molar-refractivity contribution is 7.91. The molecule has 8 nitrogen and oxygen atoms in total. The minimum absolute atomic E-state index is 0.0222. The van der Waals surface area contributed by atoms with Gasteiger partial charge in [-0.1, -0.05) is 43.2 Å². The third-order valence-corrected chi connectivity index (χ3v) is 8.75. The fraction of sp³-hybridized carbons (Fsp3) is 0.609. The SMILES string of the molecule is CC1(CCc2ccccc2)NC(=O)N(CC(=O)N(C2CCCC2)C2CCS(=O)(=O)C2)C1=O. The summed E-state index contributed by atoms with van der Waals surface area (Å²) in [5.74, 6) is -0.703. The van der Waals surface area contributed by atoms with Gasteiger partial charge in [0.25, 0.3) is 5.91 Å². The van der Waals surface area contributed by atoms with Gasteiger partial charge in [-0.05, 0) is 44.6 Å². The van der Waals surface area contributed by atoms with Crippen LogP contribution in [0.1, 0.15) is 51.0 Å². The number of urea groups is 1. The maximum atomic E-state index is 13.3. The van der Waals surface area contributed by atoms with Crippen LogP contribution in [0.2, 0.25) is 0 Å². The number of carbonyl (C=O) groups is 3.